The predicted molar refractivity (Wildman–Crippen MR) is 149 cm³/mol. The summed E-state index contributed by atoms with van der Waals surface area (Å²) in [6, 6.07) is 3.58. The molecule has 15 heteroatoms. The van der Waals surface area contributed by atoms with Crippen molar-refractivity contribution < 1.29 is 41.7 Å². The zero-order valence-corrected chi connectivity index (χ0v) is 25.0. The highest BCUT2D eigenvalue weighted by Gasteiger charge is 2.36. The van der Waals surface area contributed by atoms with Gasteiger partial charge in [0.05, 0.1) is 38.0 Å². The Morgan fingerprint density at radius 2 is 1.88 bits per heavy atom. The molecule has 0 amide bonds. The number of esters is 1. The van der Waals surface area contributed by atoms with E-state index in [2.05, 4.69) is 0 Å². The Morgan fingerprint density at radius 1 is 1.22 bits per heavy atom. The number of rotatable bonds is 12. The second kappa shape index (κ2) is 12.1. The van der Waals surface area contributed by atoms with E-state index < -0.39 is 57.0 Å². The van der Waals surface area contributed by atoms with Crippen LogP contribution in [0.3, 0.4) is 0 Å². The molecule has 1 atom stereocenters. The van der Waals surface area contributed by atoms with Crippen LogP contribution in [-0.4, -0.2) is 66.9 Å². The average Bonchev–Trinajstić information content (AvgIpc) is 3.22. The second-order valence-electron chi connectivity index (χ2n) is 9.73. The van der Waals surface area contributed by atoms with Crippen molar-refractivity contribution in [1.82, 2.24) is 9.13 Å². The van der Waals surface area contributed by atoms with E-state index in [4.69, 9.17) is 14.2 Å². The van der Waals surface area contributed by atoms with Gasteiger partial charge < -0.3 is 19.3 Å². The molecule has 2 heterocycles. The van der Waals surface area contributed by atoms with Gasteiger partial charge in [0.2, 0.25) is 0 Å². The minimum absolute atomic E-state index is 0.0325. The first-order valence-electron chi connectivity index (χ1n) is 12.4. The summed E-state index contributed by atoms with van der Waals surface area (Å²) in [5.74, 6) is -3.07. The fourth-order valence-corrected chi connectivity index (χ4v) is 5.79. The summed E-state index contributed by atoms with van der Waals surface area (Å²) in [4.78, 5) is 52.4. The van der Waals surface area contributed by atoms with Gasteiger partial charge in [0, 0.05) is 11.8 Å². The SMILES string of the molecule is CCOC(=O)c1sc2c(c1C)c(=O)n(C(C)(C)C(=O)O)c(=O)n2C[C@H](OCCS(C)(=O)=O)c1cc(F)ccc1OC. The lowest BCUT2D eigenvalue weighted by molar-refractivity contribution is -0.146. The fraction of sp³-hybridized carbons (Fsp3) is 0.462. The molecule has 0 aliphatic rings. The van der Waals surface area contributed by atoms with E-state index in [0.717, 1.165) is 34.3 Å². The quantitative estimate of drug-likeness (QED) is 0.300. The maximum Gasteiger partial charge on any atom is 0.348 e. The van der Waals surface area contributed by atoms with Gasteiger partial charge in [0.15, 0.2) is 0 Å². The Kier molecular flexibility index (Phi) is 9.45. The van der Waals surface area contributed by atoms with E-state index in [1.807, 2.05) is 0 Å². The third-order valence-electron chi connectivity index (χ3n) is 6.42. The van der Waals surface area contributed by atoms with Crippen LogP contribution < -0.4 is 16.0 Å². The second-order valence-corrected chi connectivity index (χ2v) is 13.0. The third kappa shape index (κ3) is 6.52. The molecule has 0 unspecified atom stereocenters. The van der Waals surface area contributed by atoms with Crippen LogP contribution in [0.1, 0.15) is 47.7 Å². The van der Waals surface area contributed by atoms with Crippen molar-refractivity contribution in [3.05, 3.63) is 60.9 Å². The van der Waals surface area contributed by atoms with E-state index >= 15 is 0 Å². The van der Waals surface area contributed by atoms with Crippen molar-refractivity contribution in [2.45, 2.75) is 45.9 Å². The number of halogens is 1. The van der Waals surface area contributed by atoms with Gasteiger partial charge in [-0.25, -0.2) is 31.8 Å². The molecule has 0 aliphatic carbocycles. The van der Waals surface area contributed by atoms with Crippen LogP contribution in [-0.2, 0) is 36.2 Å². The van der Waals surface area contributed by atoms with Crippen LogP contribution in [0.4, 0.5) is 4.39 Å². The van der Waals surface area contributed by atoms with Crippen LogP contribution in [0.2, 0.25) is 0 Å². The number of carboxylic acids is 1. The largest absolute Gasteiger partial charge is 0.496 e. The minimum Gasteiger partial charge on any atom is -0.496 e. The highest BCUT2D eigenvalue weighted by Crippen LogP contribution is 2.33. The average molecular weight is 615 g/mol. The van der Waals surface area contributed by atoms with Gasteiger partial charge in [-0.1, -0.05) is 0 Å². The monoisotopic (exact) mass is 614 g/mol. The Hall–Kier alpha value is -3.56. The first kappa shape index (κ1) is 32.0. The van der Waals surface area contributed by atoms with Crippen LogP contribution >= 0.6 is 11.3 Å². The number of aryl methyl sites for hydroxylation is 1. The Balaban J connectivity index is 2.38. The van der Waals surface area contributed by atoms with Gasteiger partial charge in [-0.15, -0.1) is 11.3 Å². The number of sulfone groups is 1. The molecular weight excluding hydrogens is 583 g/mol. The zero-order chi connectivity index (χ0) is 30.9. The summed E-state index contributed by atoms with van der Waals surface area (Å²) in [7, 11) is -2.13. The van der Waals surface area contributed by atoms with Crippen LogP contribution in [0.15, 0.2) is 27.8 Å². The van der Waals surface area contributed by atoms with E-state index in [-0.39, 0.29) is 50.9 Å². The van der Waals surface area contributed by atoms with Crippen molar-refractivity contribution >= 4 is 43.3 Å². The molecule has 12 nitrogen and oxygen atoms in total. The Labute approximate surface area is 238 Å². The summed E-state index contributed by atoms with van der Waals surface area (Å²) < 4.78 is 55.9. The molecule has 0 bridgehead atoms. The molecule has 1 N–H and O–H groups in total. The highest BCUT2D eigenvalue weighted by molar-refractivity contribution is 7.90. The zero-order valence-electron chi connectivity index (χ0n) is 23.3. The maximum atomic E-state index is 14.4. The fourth-order valence-electron chi connectivity index (χ4n) is 4.19. The number of benzene rings is 1. The predicted octanol–water partition coefficient (Wildman–Crippen LogP) is 2.48. The Bertz CT molecular complexity index is 1720. The lowest BCUT2D eigenvalue weighted by atomic mass is 10.1. The van der Waals surface area contributed by atoms with Crippen molar-refractivity contribution in [2.24, 2.45) is 0 Å². The first-order valence-corrected chi connectivity index (χ1v) is 15.3. The lowest BCUT2D eigenvalue weighted by Crippen LogP contribution is -2.52. The summed E-state index contributed by atoms with van der Waals surface area (Å²) >= 11 is 0.804. The number of nitrogens with zero attached hydrogens (tertiary/aromatic N) is 2. The number of aliphatic carboxylic acids is 1. The first-order chi connectivity index (χ1) is 19.0. The van der Waals surface area contributed by atoms with E-state index in [9.17, 15) is 37.1 Å². The van der Waals surface area contributed by atoms with Crippen LogP contribution in [0.25, 0.3) is 10.2 Å². The number of hydrogen-bond donors (Lipinski definition) is 1. The van der Waals surface area contributed by atoms with E-state index in [0.29, 0.717) is 4.57 Å². The standard InChI is InChI=1S/C26H31FN2O10S2/c1-7-38-23(31)20-14(2)19-21(30)29(26(3,4)24(32)33)25(34)28(22(19)40-20)13-18(39-10-11-41(6,35)36)16-12-15(27)8-9-17(16)37-5/h8-9,12,18H,7,10-11,13H2,1-6H3,(H,32,33)/t18-/m0/s1. The molecule has 0 saturated carbocycles. The van der Waals surface area contributed by atoms with Crippen LogP contribution in [0, 0.1) is 12.7 Å². The highest BCUT2D eigenvalue weighted by atomic mass is 32.2. The number of thiophene rings is 1. The molecule has 3 rings (SSSR count). The minimum atomic E-state index is -3.46. The van der Waals surface area contributed by atoms with Crippen molar-refractivity contribution in [2.75, 3.05) is 32.3 Å². The molecule has 0 radical (unpaired) electrons. The van der Waals surface area contributed by atoms with Gasteiger partial charge in [0.25, 0.3) is 5.56 Å². The summed E-state index contributed by atoms with van der Waals surface area (Å²) in [6.07, 6.45) is -0.187. The topological polar surface area (TPSA) is 160 Å². The molecule has 41 heavy (non-hydrogen) atoms. The molecule has 0 aliphatic heterocycles. The molecule has 3 aromatic rings. The molecule has 0 fully saturated rings. The number of aromatic nitrogens is 2. The number of hydrogen-bond acceptors (Lipinski definition) is 10. The van der Waals surface area contributed by atoms with Crippen molar-refractivity contribution in [3.8, 4) is 5.75 Å². The smallest absolute Gasteiger partial charge is 0.348 e. The molecule has 0 spiro atoms. The number of carbonyl (C=O) groups excluding carboxylic acids is 1. The number of methoxy groups -OCH3 is 1. The van der Waals surface area contributed by atoms with Gasteiger partial charge in [-0.2, -0.15) is 0 Å². The normalized spacial score (nSPS) is 12.9. The summed E-state index contributed by atoms with van der Waals surface area (Å²) in [5.41, 5.74) is -3.63. The van der Waals surface area contributed by atoms with E-state index in [1.54, 1.807) is 6.92 Å². The van der Waals surface area contributed by atoms with Crippen LogP contribution in [0.5, 0.6) is 5.75 Å². The summed E-state index contributed by atoms with van der Waals surface area (Å²) in [5, 5.41) is 9.80. The molecule has 224 valence electrons. The maximum absolute atomic E-state index is 14.4. The third-order valence-corrected chi connectivity index (χ3v) is 8.62. The van der Waals surface area contributed by atoms with Gasteiger partial charge >= 0.3 is 17.6 Å². The number of ether oxygens (including phenoxy) is 3. The molecular formula is C26H31FN2O10S2. The molecule has 1 aromatic carbocycles. The number of fused-ring (bicyclic) bond motifs is 1. The van der Waals surface area contributed by atoms with Crippen molar-refractivity contribution in [3.63, 3.8) is 0 Å². The van der Waals surface area contributed by atoms with Gasteiger partial charge in [-0.3, -0.25) is 9.36 Å². The number of carbonyl (C=O) groups is 2. The molecule has 0 saturated heterocycles. The van der Waals surface area contributed by atoms with Gasteiger partial charge in [-0.05, 0) is 51.5 Å². The van der Waals surface area contributed by atoms with Gasteiger partial charge in [0.1, 0.15) is 42.8 Å². The number of carboxylic acid groups (broad SMARTS) is 1. The molecule has 2 aromatic heterocycles. The summed E-state index contributed by atoms with van der Waals surface area (Å²) in [6.45, 7) is 4.73. The lowest BCUT2D eigenvalue weighted by Gasteiger charge is -2.25. The Morgan fingerprint density at radius 3 is 2.44 bits per heavy atom. The van der Waals surface area contributed by atoms with Crippen molar-refractivity contribution in [1.29, 1.82) is 0 Å². The van der Waals surface area contributed by atoms with E-state index in [1.165, 1.54) is 33.9 Å².